The molecule has 3 nitrogen and oxygen atoms in total. The second kappa shape index (κ2) is 1.75. The summed E-state index contributed by atoms with van der Waals surface area (Å²) in [6.07, 6.45) is 2.01. The summed E-state index contributed by atoms with van der Waals surface area (Å²) >= 11 is 0. The van der Waals surface area contributed by atoms with Crippen molar-refractivity contribution in [1.29, 1.82) is 0 Å². The van der Waals surface area contributed by atoms with Gasteiger partial charge in [0, 0.05) is 24.4 Å². The summed E-state index contributed by atoms with van der Waals surface area (Å²) in [5.41, 5.74) is 2.40. The molecule has 0 radical (unpaired) electrons. The van der Waals surface area contributed by atoms with Gasteiger partial charge in [0.05, 0.1) is 0 Å². The van der Waals surface area contributed by atoms with Crippen LogP contribution in [0.2, 0.25) is 0 Å². The predicted octanol–water partition coefficient (Wildman–Crippen LogP) is 0.295. The Morgan fingerprint density at radius 3 is 2.80 bits per heavy atom. The maximum atomic E-state index is 11.0. The Kier molecular flexibility index (Phi) is 1.01. The average molecular weight is 138 g/mol. The van der Waals surface area contributed by atoms with Crippen molar-refractivity contribution < 1.29 is 0 Å². The predicted molar refractivity (Wildman–Crippen MR) is 38.1 cm³/mol. The highest BCUT2D eigenvalue weighted by Gasteiger charge is 2.19. The van der Waals surface area contributed by atoms with Gasteiger partial charge in [-0.05, 0) is 6.42 Å². The molecule has 1 aromatic rings. The highest BCUT2D eigenvalue weighted by molar-refractivity contribution is 5.18. The lowest BCUT2D eigenvalue weighted by Crippen LogP contribution is -2.27. The summed E-state index contributed by atoms with van der Waals surface area (Å²) in [6.45, 7) is 2.97. The van der Waals surface area contributed by atoms with Crippen molar-refractivity contribution in [2.45, 2.75) is 26.3 Å². The van der Waals surface area contributed by atoms with Crippen LogP contribution in [-0.4, -0.2) is 9.55 Å². The lowest BCUT2D eigenvalue weighted by atomic mass is 10.1. The second-order valence-electron chi connectivity index (χ2n) is 2.61. The number of hydrogen-bond acceptors (Lipinski definition) is 1. The topological polar surface area (TPSA) is 37.8 Å². The molecule has 1 N–H and O–H groups in total. The number of aryl methyl sites for hydroxylation is 1. The minimum Gasteiger partial charge on any atom is -0.310 e. The van der Waals surface area contributed by atoms with E-state index in [0.29, 0.717) is 0 Å². The molecular weight excluding hydrogens is 128 g/mol. The van der Waals surface area contributed by atoms with E-state index in [1.807, 2.05) is 0 Å². The Bertz CT molecular complexity index is 308. The van der Waals surface area contributed by atoms with Gasteiger partial charge in [0.2, 0.25) is 0 Å². The number of fused-ring (bicyclic) bond motifs is 1. The number of H-pyrrole nitrogens is 1. The molecule has 3 heteroatoms. The molecule has 10 heavy (non-hydrogen) atoms. The van der Waals surface area contributed by atoms with E-state index in [1.165, 1.54) is 5.69 Å². The molecule has 0 aliphatic carbocycles. The Balaban J connectivity index is 2.63. The van der Waals surface area contributed by atoms with E-state index < -0.39 is 0 Å². The van der Waals surface area contributed by atoms with Gasteiger partial charge in [-0.3, -0.25) is 4.57 Å². The smallest absolute Gasteiger partial charge is 0.310 e. The maximum absolute atomic E-state index is 11.0. The minimum absolute atomic E-state index is 0.0677. The van der Waals surface area contributed by atoms with Crippen LogP contribution in [0, 0.1) is 0 Å². The first-order valence-electron chi connectivity index (χ1n) is 3.63. The fraction of sp³-hybridized carbons (Fsp3) is 0.571. The van der Waals surface area contributed by atoms with Gasteiger partial charge in [0.25, 0.3) is 0 Å². The monoisotopic (exact) mass is 138 g/mol. The number of aromatic nitrogens is 2. The molecule has 0 saturated carbocycles. The van der Waals surface area contributed by atoms with E-state index in [1.54, 1.807) is 4.57 Å². The van der Waals surface area contributed by atoms with E-state index in [2.05, 4.69) is 11.9 Å². The number of imidazole rings is 1. The van der Waals surface area contributed by atoms with Crippen LogP contribution in [0.4, 0.5) is 0 Å². The van der Waals surface area contributed by atoms with E-state index in [4.69, 9.17) is 0 Å². The molecule has 0 fully saturated rings. The van der Waals surface area contributed by atoms with Gasteiger partial charge in [-0.1, -0.05) is 6.92 Å². The number of aromatic amines is 1. The van der Waals surface area contributed by atoms with E-state index >= 15 is 0 Å². The molecule has 1 aliphatic heterocycles. The third kappa shape index (κ3) is 0.523. The van der Waals surface area contributed by atoms with Crippen LogP contribution < -0.4 is 5.69 Å². The molecule has 0 unspecified atom stereocenters. The lowest BCUT2D eigenvalue weighted by molar-refractivity contribution is 0.534. The van der Waals surface area contributed by atoms with E-state index in [9.17, 15) is 4.79 Å². The van der Waals surface area contributed by atoms with Crippen LogP contribution in [0.1, 0.15) is 18.3 Å². The second-order valence-corrected chi connectivity index (χ2v) is 2.61. The molecule has 0 spiro atoms. The zero-order chi connectivity index (χ0) is 7.14. The quantitative estimate of drug-likeness (QED) is 0.595. The van der Waals surface area contributed by atoms with Crippen molar-refractivity contribution in [2.24, 2.45) is 0 Å². The standard InChI is InChI=1S/C7H10N2O/c1-2-5-6-3-4-9(6)7(10)8-5/h2-4H2,1H3,(H,8,10). The average Bonchev–Trinajstić information content (AvgIpc) is 2.02. The lowest BCUT2D eigenvalue weighted by Gasteiger charge is -2.16. The third-order valence-corrected chi connectivity index (χ3v) is 2.10. The third-order valence-electron chi connectivity index (χ3n) is 2.10. The number of hydrogen-bond donors (Lipinski definition) is 1. The van der Waals surface area contributed by atoms with Gasteiger partial charge >= 0.3 is 5.69 Å². The molecule has 0 bridgehead atoms. The summed E-state index contributed by atoms with van der Waals surface area (Å²) in [4.78, 5) is 13.8. The van der Waals surface area contributed by atoms with Crippen molar-refractivity contribution in [1.82, 2.24) is 9.55 Å². The Morgan fingerprint density at radius 1 is 1.70 bits per heavy atom. The SMILES string of the molecule is CCc1[nH]c(=O)n2c1CC2. The molecule has 0 amide bonds. The molecular formula is C7H10N2O. The first kappa shape index (κ1) is 5.77. The molecule has 1 aromatic heterocycles. The summed E-state index contributed by atoms with van der Waals surface area (Å²) in [5, 5.41) is 0. The van der Waals surface area contributed by atoms with Gasteiger partial charge in [-0.2, -0.15) is 0 Å². The molecule has 2 rings (SSSR count). The first-order valence-corrected chi connectivity index (χ1v) is 3.63. The first-order chi connectivity index (χ1) is 4.83. The fourth-order valence-electron chi connectivity index (χ4n) is 1.43. The van der Waals surface area contributed by atoms with Crippen molar-refractivity contribution in [2.75, 3.05) is 0 Å². The van der Waals surface area contributed by atoms with Crippen LogP contribution >= 0.6 is 0 Å². The highest BCUT2D eigenvalue weighted by atomic mass is 16.1. The summed E-state index contributed by atoms with van der Waals surface area (Å²) in [5.74, 6) is 0. The summed E-state index contributed by atoms with van der Waals surface area (Å²) in [6, 6.07) is 0. The van der Waals surface area contributed by atoms with Gasteiger partial charge in [0.15, 0.2) is 0 Å². The van der Waals surface area contributed by atoms with Gasteiger partial charge in [-0.25, -0.2) is 4.79 Å². The summed E-state index contributed by atoms with van der Waals surface area (Å²) in [7, 11) is 0. The molecule has 1 aliphatic rings. The van der Waals surface area contributed by atoms with Crippen LogP contribution in [0.25, 0.3) is 0 Å². The van der Waals surface area contributed by atoms with Crippen molar-refractivity contribution in [3.05, 3.63) is 21.9 Å². The number of nitrogens with one attached hydrogen (secondary N) is 1. The number of nitrogens with zero attached hydrogens (tertiary/aromatic N) is 1. The van der Waals surface area contributed by atoms with Crippen LogP contribution in [0.5, 0.6) is 0 Å². The van der Waals surface area contributed by atoms with Gasteiger partial charge < -0.3 is 4.98 Å². The molecule has 2 heterocycles. The summed E-state index contributed by atoms with van der Waals surface area (Å²) < 4.78 is 1.80. The largest absolute Gasteiger partial charge is 0.325 e. The van der Waals surface area contributed by atoms with Crippen LogP contribution in [0.15, 0.2) is 4.79 Å². The van der Waals surface area contributed by atoms with Gasteiger partial charge in [0.1, 0.15) is 0 Å². The maximum Gasteiger partial charge on any atom is 0.325 e. The minimum atomic E-state index is 0.0677. The van der Waals surface area contributed by atoms with Gasteiger partial charge in [-0.15, -0.1) is 0 Å². The fourth-order valence-corrected chi connectivity index (χ4v) is 1.43. The Labute approximate surface area is 58.7 Å². The highest BCUT2D eigenvalue weighted by Crippen LogP contribution is 2.14. The zero-order valence-corrected chi connectivity index (χ0v) is 5.98. The van der Waals surface area contributed by atoms with Crippen molar-refractivity contribution in [3.8, 4) is 0 Å². The van der Waals surface area contributed by atoms with E-state index in [0.717, 1.165) is 25.1 Å². The molecule has 0 aromatic carbocycles. The number of rotatable bonds is 1. The molecule has 0 saturated heterocycles. The van der Waals surface area contributed by atoms with Crippen molar-refractivity contribution in [3.63, 3.8) is 0 Å². The van der Waals surface area contributed by atoms with Crippen molar-refractivity contribution >= 4 is 0 Å². The molecule has 0 atom stereocenters. The zero-order valence-electron chi connectivity index (χ0n) is 5.98. The Morgan fingerprint density at radius 2 is 2.50 bits per heavy atom. The van der Waals surface area contributed by atoms with E-state index in [-0.39, 0.29) is 5.69 Å². The molecule has 54 valence electrons. The van der Waals surface area contributed by atoms with Crippen LogP contribution in [0.3, 0.4) is 0 Å². The van der Waals surface area contributed by atoms with Crippen LogP contribution in [-0.2, 0) is 19.4 Å². The Hall–Kier alpha value is -0.990. The normalized spacial score (nSPS) is 14.5.